The average molecular weight is 287 g/mol. The van der Waals surface area contributed by atoms with Crippen molar-refractivity contribution in [2.45, 2.75) is 18.9 Å². The normalized spacial score (nSPS) is 15.1. The molecule has 1 rings (SSSR count). The first-order valence-corrected chi connectivity index (χ1v) is 7.80. The van der Waals surface area contributed by atoms with Crippen LogP contribution in [-0.2, 0) is 19.5 Å². The van der Waals surface area contributed by atoms with Crippen molar-refractivity contribution < 1.29 is 17.9 Å². The van der Waals surface area contributed by atoms with Crippen LogP contribution in [0.3, 0.4) is 0 Å². The molecule has 2 atom stereocenters. The Labute approximate surface area is 114 Å². The van der Waals surface area contributed by atoms with Gasteiger partial charge in [-0.1, -0.05) is 30.3 Å². The van der Waals surface area contributed by atoms with Crippen LogP contribution in [0.15, 0.2) is 30.3 Å². The fourth-order valence-corrected chi connectivity index (χ4v) is 2.66. The van der Waals surface area contributed by atoms with E-state index in [-0.39, 0.29) is 17.8 Å². The Morgan fingerprint density at radius 3 is 2.37 bits per heavy atom. The average Bonchev–Trinajstić information content (AvgIpc) is 2.34. The summed E-state index contributed by atoms with van der Waals surface area (Å²) in [4.78, 5) is 0. The molecule has 1 aromatic carbocycles. The van der Waals surface area contributed by atoms with Crippen LogP contribution in [0.25, 0.3) is 0 Å². The van der Waals surface area contributed by atoms with Crippen molar-refractivity contribution in [1.29, 1.82) is 0 Å². The number of primary sulfonamides is 1. The number of ether oxygens (including phenoxy) is 2. The molecular weight excluding hydrogens is 266 g/mol. The van der Waals surface area contributed by atoms with E-state index in [0.29, 0.717) is 13.2 Å². The van der Waals surface area contributed by atoms with Crippen molar-refractivity contribution in [3.63, 3.8) is 0 Å². The molecule has 0 spiro atoms. The van der Waals surface area contributed by atoms with Gasteiger partial charge in [0.1, 0.15) is 0 Å². The smallest absolute Gasteiger partial charge is 0.209 e. The van der Waals surface area contributed by atoms with Crippen molar-refractivity contribution in [3.8, 4) is 0 Å². The van der Waals surface area contributed by atoms with Crippen LogP contribution < -0.4 is 5.14 Å². The second-order valence-corrected chi connectivity index (χ2v) is 6.20. The van der Waals surface area contributed by atoms with Gasteiger partial charge in [0.05, 0.1) is 25.1 Å². The van der Waals surface area contributed by atoms with Gasteiger partial charge in [0, 0.05) is 13.0 Å². The molecule has 108 valence electrons. The largest absolute Gasteiger partial charge is 0.382 e. The maximum atomic E-state index is 11.3. The van der Waals surface area contributed by atoms with Gasteiger partial charge in [-0.05, 0) is 12.5 Å². The molecule has 0 aliphatic heterocycles. The Balaban J connectivity index is 2.71. The van der Waals surface area contributed by atoms with Gasteiger partial charge in [-0.25, -0.2) is 13.6 Å². The van der Waals surface area contributed by atoms with Gasteiger partial charge < -0.3 is 9.47 Å². The van der Waals surface area contributed by atoms with Gasteiger partial charge in [0.25, 0.3) is 0 Å². The van der Waals surface area contributed by atoms with Gasteiger partial charge >= 0.3 is 0 Å². The molecule has 0 saturated heterocycles. The van der Waals surface area contributed by atoms with Crippen LogP contribution in [0.4, 0.5) is 0 Å². The van der Waals surface area contributed by atoms with Gasteiger partial charge in [0.15, 0.2) is 0 Å². The minimum Gasteiger partial charge on any atom is -0.382 e. The summed E-state index contributed by atoms with van der Waals surface area (Å²) in [7, 11) is -1.95. The van der Waals surface area contributed by atoms with E-state index < -0.39 is 10.0 Å². The van der Waals surface area contributed by atoms with E-state index in [1.54, 1.807) is 7.11 Å². The Kier molecular flexibility index (Phi) is 6.44. The molecule has 0 heterocycles. The number of methoxy groups -OCH3 is 1. The Morgan fingerprint density at radius 1 is 1.21 bits per heavy atom. The number of hydrogen-bond donors (Lipinski definition) is 1. The topological polar surface area (TPSA) is 78.6 Å². The zero-order valence-electron chi connectivity index (χ0n) is 11.3. The number of rotatable bonds is 8. The molecule has 0 bridgehead atoms. The molecule has 0 radical (unpaired) electrons. The first-order chi connectivity index (χ1) is 8.92. The Morgan fingerprint density at radius 2 is 1.84 bits per heavy atom. The maximum Gasteiger partial charge on any atom is 0.209 e. The van der Waals surface area contributed by atoms with E-state index in [2.05, 4.69) is 0 Å². The summed E-state index contributed by atoms with van der Waals surface area (Å²) < 4.78 is 33.1. The maximum absolute atomic E-state index is 11.3. The highest BCUT2D eigenvalue weighted by Crippen LogP contribution is 2.18. The van der Waals surface area contributed by atoms with Gasteiger partial charge in [-0.15, -0.1) is 0 Å². The van der Waals surface area contributed by atoms with Crippen LogP contribution in [0.1, 0.15) is 18.4 Å². The number of nitrogens with two attached hydrogens (primary N) is 1. The highest BCUT2D eigenvalue weighted by molar-refractivity contribution is 7.89. The van der Waals surface area contributed by atoms with E-state index in [9.17, 15) is 8.42 Å². The highest BCUT2D eigenvalue weighted by Gasteiger charge is 2.19. The third-order valence-corrected chi connectivity index (χ3v) is 3.55. The standard InChI is InChI=1S/C13H21NO4S/c1-11(8-17-2)18-9-13(10-19(14,15)16)12-6-4-3-5-7-12/h3-7,11,13H,8-10H2,1-2H3,(H2,14,15,16). The van der Waals surface area contributed by atoms with Crippen LogP contribution >= 0.6 is 0 Å². The van der Waals surface area contributed by atoms with E-state index in [1.165, 1.54) is 0 Å². The summed E-state index contributed by atoms with van der Waals surface area (Å²) in [5, 5.41) is 5.13. The molecule has 0 fully saturated rings. The molecule has 0 amide bonds. The van der Waals surface area contributed by atoms with Crippen molar-refractivity contribution >= 4 is 10.0 Å². The molecule has 19 heavy (non-hydrogen) atoms. The summed E-state index contributed by atoms with van der Waals surface area (Å²) in [5.74, 6) is -0.396. The van der Waals surface area contributed by atoms with Crippen molar-refractivity contribution in [2.75, 3.05) is 26.1 Å². The molecule has 0 saturated carbocycles. The quantitative estimate of drug-likeness (QED) is 0.777. The zero-order chi connectivity index (χ0) is 14.3. The number of benzene rings is 1. The zero-order valence-corrected chi connectivity index (χ0v) is 12.1. The molecule has 6 heteroatoms. The molecule has 2 N–H and O–H groups in total. The monoisotopic (exact) mass is 287 g/mol. The Bertz CT molecular complexity index is 461. The summed E-state index contributed by atoms with van der Waals surface area (Å²) in [6, 6.07) is 9.36. The van der Waals surface area contributed by atoms with Crippen molar-refractivity contribution in [1.82, 2.24) is 0 Å². The van der Waals surface area contributed by atoms with Crippen LogP contribution in [0.5, 0.6) is 0 Å². The summed E-state index contributed by atoms with van der Waals surface area (Å²) in [6.45, 7) is 2.64. The fourth-order valence-electron chi connectivity index (χ4n) is 1.81. The number of sulfonamides is 1. The summed E-state index contributed by atoms with van der Waals surface area (Å²) in [6.07, 6.45) is -0.0864. The molecule has 5 nitrogen and oxygen atoms in total. The molecule has 0 aromatic heterocycles. The Hall–Kier alpha value is -0.950. The molecule has 2 unspecified atom stereocenters. The minimum absolute atomic E-state index is 0.0864. The lowest BCUT2D eigenvalue weighted by atomic mass is 10.0. The lowest BCUT2D eigenvalue weighted by molar-refractivity contribution is 0.00463. The molecule has 0 aliphatic rings. The van der Waals surface area contributed by atoms with Gasteiger partial charge in [-0.2, -0.15) is 0 Å². The third-order valence-electron chi connectivity index (χ3n) is 2.69. The van der Waals surface area contributed by atoms with E-state index in [0.717, 1.165) is 5.56 Å². The first-order valence-electron chi connectivity index (χ1n) is 6.08. The lowest BCUT2D eigenvalue weighted by Gasteiger charge is -2.19. The highest BCUT2D eigenvalue weighted by atomic mass is 32.2. The van der Waals surface area contributed by atoms with E-state index in [4.69, 9.17) is 14.6 Å². The minimum atomic E-state index is -3.54. The second kappa shape index (κ2) is 7.59. The fraction of sp³-hybridized carbons (Fsp3) is 0.538. The van der Waals surface area contributed by atoms with Gasteiger partial charge in [0.2, 0.25) is 10.0 Å². The SMILES string of the molecule is COCC(C)OCC(CS(N)(=O)=O)c1ccccc1. The summed E-state index contributed by atoms with van der Waals surface area (Å²) >= 11 is 0. The number of hydrogen-bond acceptors (Lipinski definition) is 4. The second-order valence-electron chi connectivity index (χ2n) is 4.54. The third kappa shape index (κ3) is 6.68. The first kappa shape index (κ1) is 16.1. The molecular formula is C13H21NO4S. The van der Waals surface area contributed by atoms with Gasteiger partial charge in [-0.3, -0.25) is 0 Å². The van der Waals surface area contributed by atoms with Crippen LogP contribution in [-0.4, -0.2) is 40.6 Å². The summed E-state index contributed by atoms with van der Waals surface area (Å²) in [5.41, 5.74) is 0.904. The van der Waals surface area contributed by atoms with E-state index >= 15 is 0 Å². The van der Waals surface area contributed by atoms with Crippen molar-refractivity contribution in [2.24, 2.45) is 5.14 Å². The van der Waals surface area contributed by atoms with Crippen LogP contribution in [0.2, 0.25) is 0 Å². The van der Waals surface area contributed by atoms with Crippen LogP contribution in [0, 0.1) is 0 Å². The molecule has 1 aromatic rings. The predicted octanol–water partition coefficient (Wildman–Crippen LogP) is 1.11. The predicted molar refractivity (Wildman–Crippen MR) is 74.4 cm³/mol. The molecule has 0 aliphatic carbocycles. The van der Waals surface area contributed by atoms with E-state index in [1.807, 2.05) is 37.3 Å². The van der Waals surface area contributed by atoms with Crippen molar-refractivity contribution in [3.05, 3.63) is 35.9 Å². The lowest BCUT2D eigenvalue weighted by Crippen LogP contribution is -2.27.